The summed E-state index contributed by atoms with van der Waals surface area (Å²) < 4.78 is 2.07. The van der Waals surface area contributed by atoms with Crippen LogP contribution in [0.25, 0.3) is 11.0 Å². The number of aryl methyl sites for hydroxylation is 1. The van der Waals surface area contributed by atoms with E-state index >= 15 is 0 Å². The highest BCUT2D eigenvalue weighted by Crippen LogP contribution is 2.27. The fraction of sp³-hybridized carbons (Fsp3) is 0.529. The van der Waals surface area contributed by atoms with Crippen LogP contribution >= 0.6 is 11.8 Å². The van der Waals surface area contributed by atoms with E-state index in [1.54, 1.807) is 11.8 Å². The van der Waals surface area contributed by atoms with E-state index in [0.29, 0.717) is 0 Å². The summed E-state index contributed by atoms with van der Waals surface area (Å²) >= 11 is 1.55. The fourth-order valence-corrected chi connectivity index (χ4v) is 3.95. The molecule has 0 spiro atoms. The Morgan fingerprint density at radius 2 is 1.96 bits per heavy atom. The van der Waals surface area contributed by atoms with Gasteiger partial charge in [-0.25, -0.2) is 4.98 Å². The molecule has 1 atom stereocenters. The van der Waals surface area contributed by atoms with Crippen molar-refractivity contribution < 1.29 is 4.79 Å². The van der Waals surface area contributed by atoms with Crippen LogP contribution < -0.4 is 0 Å². The number of fused-ring (bicyclic) bond motifs is 1. The van der Waals surface area contributed by atoms with Crippen molar-refractivity contribution in [1.29, 1.82) is 0 Å². The molecule has 1 unspecified atom stereocenters. The van der Waals surface area contributed by atoms with Gasteiger partial charge in [-0.05, 0) is 25.6 Å². The van der Waals surface area contributed by atoms with Crippen LogP contribution in [0.3, 0.4) is 0 Å². The quantitative estimate of drug-likeness (QED) is 0.805. The molecule has 0 saturated carbocycles. The van der Waals surface area contributed by atoms with E-state index in [1.165, 1.54) is 0 Å². The summed E-state index contributed by atoms with van der Waals surface area (Å²) in [5.74, 6) is 0.220. The molecule has 0 bridgehead atoms. The lowest BCUT2D eigenvalue weighted by molar-refractivity contribution is -0.132. The number of piperazine rings is 1. The largest absolute Gasteiger partial charge is 0.339 e. The number of carbonyl (C=O) groups is 1. The number of likely N-dealkylation sites (N-methyl/N-ethyl adjacent to an activating group) is 1. The molecule has 0 N–H and O–H groups in total. The summed E-state index contributed by atoms with van der Waals surface area (Å²) in [5, 5.41) is 0.790. The summed E-state index contributed by atoms with van der Waals surface area (Å²) in [7, 11) is 2.01. The Morgan fingerprint density at radius 1 is 1.26 bits per heavy atom. The van der Waals surface area contributed by atoms with Crippen LogP contribution in [-0.2, 0) is 11.8 Å². The minimum absolute atomic E-state index is 0.112. The Morgan fingerprint density at radius 3 is 2.61 bits per heavy atom. The molecule has 1 aromatic carbocycles. The van der Waals surface area contributed by atoms with E-state index in [4.69, 9.17) is 0 Å². The molecule has 2 heterocycles. The van der Waals surface area contributed by atoms with Gasteiger partial charge in [-0.3, -0.25) is 4.79 Å². The number of nitrogens with zero attached hydrogens (tertiary/aromatic N) is 4. The van der Waals surface area contributed by atoms with Gasteiger partial charge in [0.25, 0.3) is 0 Å². The Balaban J connectivity index is 1.67. The number of para-hydroxylation sites is 2. The minimum atomic E-state index is -0.112. The molecular formula is C17H24N4OS. The highest BCUT2D eigenvalue weighted by Gasteiger charge is 2.26. The third-order valence-electron chi connectivity index (χ3n) is 4.51. The maximum absolute atomic E-state index is 12.7. The van der Waals surface area contributed by atoms with Crippen LogP contribution in [0.1, 0.15) is 13.8 Å². The SMILES string of the molecule is CCN1CCN(C(=O)C(C)Sc2nc3ccccc3n2C)CC1. The highest BCUT2D eigenvalue weighted by molar-refractivity contribution is 8.00. The lowest BCUT2D eigenvalue weighted by atomic mass is 10.3. The summed E-state index contributed by atoms with van der Waals surface area (Å²) in [6.45, 7) is 8.84. The van der Waals surface area contributed by atoms with Gasteiger partial charge in [0.05, 0.1) is 16.3 Å². The second-order valence-corrected chi connectivity index (χ2v) is 7.27. The second kappa shape index (κ2) is 6.93. The zero-order chi connectivity index (χ0) is 16.4. The molecule has 1 aromatic heterocycles. The molecule has 1 aliphatic rings. The van der Waals surface area contributed by atoms with Crippen LogP contribution in [0.2, 0.25) is 0 Å². The molecule has 0 radical (unpaired) electrons. The number of carbonyl (C=O) groups excluding carboxylic acids is 1. The molecule has 124 valence electrons. The van der Waals surface area contributed by atoms with Gasteiger partial charge in [0, 0.05) is 33.2 Å². The van der Waals surface area contributed by atoms with Crippen molar-refractivity contribution in [3.8, 4) is 0 Å². The molecule has 1 aliphatic heterocycles. The third-order valence-corrected chi connectivity index (χ3v) is 5.64. The minimum Gasteiger partial charge on any atom is -0.339 e. The highest BCUT2D eigenvalue weighted by atomic mass is 32.2. The standard InChI is InChI=1S/C17H24N4OS/c1-4-20-9-11-21(12-10-20)16(22)13(2)23-17-18-14-7-5-6-8-15(14)19(17)3/h5-8,13H,4,9-12H2,1-3H3. The number of thioether (sulfide) groups is 1. The van der Waals surface area contributed by atoms with Crippen molar-refractivity contribution in [2.24, 2.45) is 7.05 Å². The Hall–Kier alpha value is -1.53. The first kappa shape index (κ1) is 16.3. The van der Waals surface area contributed by atoms with Gasteiger partial charge >= 0.3 is 0 Å². The summed E-state index contributed by atoms with van der Waals surface area (Å²) in [4.78, 5) is 21.7. The first-order valence-corrected chi connectivity index (χ1v) is 9.07. The van der Waals surface area contributed by atoms with E-state index in [9.17, 15) is 4.79 Å². The van der Waals surface area contributed by atoms with Crippen LogP contribution in [0.15, 0.2) is 29.4 Å². The van der Waals surface area contributed by atoms with E-state index in [2.05, 4.69) is 27.4 Å². The van der Waals surface area contributed by atoms with Crippen LogP contribution in [-0.4, -0.2) is 63.2 Å². The molecule has 1 amide bonds. The maximum atomic E-state index is 12.7. The summed E-state index contributed by atoms with van der Waals surface area (Å²) in [6.07, 6.45) is 0. The summed E-state index contributed by atoms with van der Waals surface area (Å²) in [5.41, 5.74) is 2.08. The van der Waals surface area contributed by atoms with Crippen molar-refractivity contribution in [2.75, 3.05) is 32.7 Å². The molecule has 1 fully saturated rings. The topological polar surface area (TPSA) is 41.4 Å². The maximum Gasteiger partial charge on any atom is 0.235 e. The van der Waals surface area contributed by atoms with Gasteiger partial charge in [-0.1, -0.05) is 30.8 Å². The number of aromatic nitrogens is 2. The first-order valence-electron chi connectivity index (χ1n) is 8.19. The zero-order valence-corrected chi connectivity index (χ0v) is 14.8. The lowest BCUT2D eigenvalue weighted by Gasteiger charge is -2.35. The first-order chi connectivity index (χ1) is 11.1. The normalized spacial score (nSPS) is 17.6. The van der Waals surface area contributed by atoms with Gasteiger partial charge in [0.2, 0.25) is 5.91 Å². The predicted octanol–water partition coefficient (Wildman–Crippen LogP) is 2.22. The second-order valence-electron chi connectivity index (χ2n) is 5.96. The van der Waals surface area contributed by atoms with Crippen molar-refractivity contribution in [2.45, 2.75) is 24.3 Å². The van der Waals surface area contributed by atoms with Gasteiger partial charge in [0.15, 0.2) is 5.16 Å². The van der Waals surface area contributed by atoms with Crippen LogP contribution in [0.4, 0.5) is 0 Å². The average molecular weight is 332 g/mol. The Kier molecular flexibility index (Phi) is 4.92. The van der Waals surface area contributed by atoms with Crippen LogP contribution in [0, 0.1) is 0 Å². The van der Waals surface area contributed by atoms with Crippen LogP contribution in [0.5, 0.6) is 0 Å². The molecule has 2 aromatic rings. The predicted molar refractivity (Wildman–Crippen MR) is 94.7 cm³/mol. The molecular weight excluding hydrogens is 308 g/mol. The van der Waals surface area contributed by atoms with Crippen molar-refractivity contribution in [1.82, 2.24) is 19.4 Å². The fourth-order valence-electron chi connectivity index (χ4n) is 2.98. The zero-order valence-electron chi connectivity index (χ0n) is 14.0. The lowest BCUT2D eigenvalue weighted by Crippen LogP contribution is -2.50. The van der Waals surface area contributed by atoms with Crippen molar-refractivity contribution in [3.63, 3.8) is 0 Å². The van der Waals surface area contributed by atoms with E-state index in [-0.39, 0.29) is 11.2 Å². The number of rotatable bonds is 4. The molecule has 6 heteroatoms. The smallest absolute Gasteiger partial charge is 0.235 e. The Bertz CT molecular complexity index is 691. The van der Waals surface area contributed by atoms with Gasteiger partial charge < -0.3 is 14.4 Å². The average Bonchev–Trinajstić information content (AvgIpc) is 2.90. The molecule has 23 heavy (non-hydrogen) atoms. The monoisotopic (exact) mass is 332 g/mol. The van der Waals surface area contributed by atoms with Gasteiger partial charge in [-0.2, -0.15) is 0 Å². The number of hydrogen-bond donors (Lipinski definition) is 0. The molecule has 0 aliphatic carbocycles. The number of hydrogen-bond acceptors (Lipinski definition) is 4. The molecule has 1 saturated heterocycles. The van der Waals surface area contributed by atoms with E-state index < -0.39 is 0 Å². The molecule has 5 nitrogen and oxygen atoms in total. The van der Waals surface area contributed by atoms with Crippen molar-refractivity contribution in [3.05, 3.63) is 24.3 Å². The number of benzene rings is 1. The number of amides is 1. The van der Waals surface area contributed by atoms with E-state index in [0.717, 1.165) is 48.9 Å². The Labute approximate surface area is 141 Å². The summed E-state index contributed by atoms with van der Waals surface area (Å²) in [6, 6.07) is 8.07. The third kappa shape index (κ3) is 3.38. The number of imidazole rings is 1. The van der Waals surface area contributed by atoms with Gasteiger partial charge in [0.1, 0.15) is 0 Å². The van der Waals surface area contributed by atoms with E-state index in [1.807, 2.05) is 37.1 Å². The molecule has 3 rings (SSSR count). The van der Waals surface area contributed by atoms with Gasteiger partial charge in [-0.15, -0.1) is 0 Å². The van der Waals surface area contributed by atoms with Crippen molar-refractivity contribution >= 4 is 28.7 Å².